The zero-order valence-corrected chi connectivity index (χ0v) is 31.4. The minimum Gasteiger partial charge on any atom is -0.465 e. The molecule has 4 aromatic carbocycles. The maximum Gasteiger partial charge on any atom is 0.338 e. The molecule has 15 heteroatoms. The quantitative estimate of drug-likeness (QED) is 0.124. The Morgan fingerprint density at radius 3 is 1.62 bits per heavy atom. The first-order valence-corrected chi connectivity index (χ1v) is 18.9. The summed E-state index contributed by atoms with van der Waals surface area (Å²) in [5.41, 5.74) is 1.43. The fraction of sp³-hybridized carbons (Fsp3) is 0.0625. The number of carbonyl (C=O) groups is 2. The van der Waals surface area contributed by atoms with Crippen LogP contribution in [-0.2, 0) is 29.5 Å². The molecule has 0 spiro atoms. The van der Waals surface area contributed by atoms with Gasteiger partial charge >= 0.3 is 11.9 Å². The largest absolute Gasteiger partial charge is 0.465 e. The highest BCUT2D eigenvalue weighted by Gasteiger charge is 2.25. The van der Waals surface area contributed by atoms with Gasteiger partial charge in [0, 0.05) is 25.9 Å². The van der Waals surface area contributed by atoms with Crippen molar-refractivity contribution in [1.82, 2.24) is 7.94 Å². The molecule has 0 amide bonds. The first kappa shape index (κ1) is 34.8. The molecule has 0 saturated carbocycles. The number of aromatic nitrogens is 2. The second-order valence-electron chi connectivity index (χ2n) is 9.73. The maximum absolute atomic E-state index is 13.0. The number of fused-ring (bicyclic) bond motifs is 2. The first-order valence-electron chi connectivity index (χ1n) is 13.4. The highest BCUT2D eigenvalue weighted by Crippen LogP contribution is 2.32. The molecule has 0 aliphatic carbocycles. The molecule has 0 fully saturated rings. The number of rotatable bonds is 6. The van der Waals surface area contributed by atoms with Crippen molar-refractivity contribution in [3.63, 3.8) is 0 Å². The number of halogens is 3. The zero-order chi connectivity index (χ0) is 34.1. The molecule has 0 atom stereocenters. The van der Waals surface area contributed by atoms with E-state index in [4.69, 9.17) is 9.47 Å². The SMILES string of the molecule is COC(=O)c1cc(Br)cc2c1cc(I)n2S(=O)(=O)c1ccccc1.COC(=O)c1cc(Br)cc2c1ccn2S(=O)(=O)c1ccccc1. The highest BCUT2D eigenvalue weighted by atomic mass is 127. The van der Waals surface area contributed by atoms with Gasteiger partial charge in [0.1, 0.15) is 0 Å². The van der Waals surface area contributed by atoms with Crippen molar-refractivity contribution >= 4 is 108 Å². The molecule has 0 saturated heterocycles. The molecular formula is C32H23Br2IN2O8S2. The fourth-order valence-corrected chi connectivity index (χ4v) is 9.82. The number of hydrogen-bond donors (Lipinski definition) is 0. The second-order valence-corrected chi connectivity index (χ2v) is 16.3. The molecule has 2 heterocycles. The third-order valence-corrected chi connectivity index (χ3v) is 12.4. The van der Waals surface area contributed by atoms with E-state index >= 15 is 0 Å². The molecule has 0 unspecified atom stereocenters. The van der Waals surface area contributed by atoms with E-state index in [9.17, 15) is 26.4 Å². The summed E-state index contributed by atoms with van der Waals surface area (Å²) in [6, 6.07) is 26.1. The lowest BCUT2D eigenvalue weighted by Crippen LogP contribution is -2.14. The lowest BCUT2D eigenvalue weighted by Gasteiger charge is -2.10. The van der Waals surface area contributed by atoms with Crippen molar-refractivity contribution in [2.75, 3.05) is 14.2 Å². The van der Waals surface area contributed by atoms with Crippen LogP contribution in [0.25, 0.3) is 21.8 Å². The van der Waals surface area contributed by atoms with Crippen LogP contribution in [0.3, 0.4) is 0 Å². The summed E-state index contributed by atoms with van der Waals surface area (Å²) >= 11 is 8.58. The molecule has 0 bridgehead atoms. The fourth-order valence-electron chi connectivity index (χ4n) is 4.82. The molecule has 47 heavy (non-hydrogen) atoms. The van der Waals surface area contributed by atoms with Gasteiger partial charge in [0.05, 0.1) is 49.9 Å². The molecule has 0 aliphatic heterocycles. The van der Waals surface area contributed by atoms with Crippen molar-refractivity contribution in [2.45, 2.75) is 9.79 Å². The maximum atomic E-state index is 13.0. The van der Waals surface area contributed by atoms with Crippen LogP contribution in [0.1, 0.15) is 20.7 Å². The van der Waals surface area contributed by atoms with E-state index in [0.717, 1.165) is 3.97 Å². The molecular weight excluding hydrogens is 891 g/mol. The van der Waals surface area contributed by atoms with E-state index in [2.05, 4.69) is 31.9 Å². The molecule has 242 valence electrons. The Morgan fingerprint density at radius 2 is 1.11 bits per heavy atom. The minimum absolute atomic E-state index is 0.178. The minimum atomic E-state index is -3.78. The smallest absolute Gasteiger partial charge is 0.338 e. The summed E-state index contributed by atoms with van der Waals surface area (Å²) < 4.78 is 65.3. The van der Waals surface area contributed by atoms with Crippen LogP contribution in [-0.4, -0.2) is 50.9 Å². The standard InChI is InChI=1S/C16H11BrINO4S.C16H12BrNO4S/c1-23-16(20)13-7-10(17)8-14-12(13)9-15(18)19(14)24(21,22)11-5-3-2-4-6-11;1-22-16(19)14-9-11(17)10-15-13(14)7-8-18(15)23(20,21)12-5-3-2-4-6-12/h2-9H,1H3;2-10H,1H3. The number of methoxy groups -OCH3 is 2. The average molecular weight is 914 g/mol. The predicted octanol–water partition coefficient (Wildman–Crippen LogP) is 7.46. The van der Waals surface area contributed by atoms with E-state index in [1.165, 1.54) is 48.7 Å². The first-order chi connectivity index (χ1) is 22.3. The lowest BCUT2D eigenvalue weighted by molar-refractivity contribution is 0.0594. The van der Waals surface area contributed by atoms with E-state index in [-0.39, 0.29) is 9.79 Å². The van der Waals surface area contributed by atoms with Gasteiger partial charge < -0.3 is 9.47 Å². The van der Waals surface area contributed by atoms with Gasteiger partial charge in [0.2, 0.25) is 0 Å². The second kappa shape index (κ2) is 13.9. The molecule has 2 aromatic heterocycles. The summed E-state index contributed by atoms with van der Waals surface area (Å²) in [5, 5.41) is 1.04. The number of esters is 2. The van der Waals surface area contributed by atoms with Gasteiger partial charge in [-0.05, 0) is 83.3 Å². The van der Waals surface area contributed by atoms with Crippen LogP contribution < -0.4 is 0 Å². The third kappa shape index (κ3) is 6.76. The van der Waals surface area contributed by atoms with Gasteiger partial charge in [-0.1, -0.05) is 68.3 Å². The summed E-state index contributed by atoms with van der Waals surface area (Å²) in [6.45, 7) is 0. The molecule has 10 nitrogen and oxygen atoms in total. The van der Waals surface area contributed by atoms with Crippen molar-refractivity contribution in [3.05, 3.63) is 127 Å². The predicted molar refractivity (Wildman–Crippen MR) is 193 cm³/mol. The molecule has 6 rings (SSSR count). The van der Waals surface area contributed by atoms with Crippen LogP contribution in [0.15, 0.2) is 122 Å². The average Bonchev–Trinajstić information content (AvgIpc) is 3.65. The summed E-state index contributed by atoms with van der Waals surface area (Å²) in [5.74, 6) is -1.04. The lowest BCUT2D eigenvalue weighted by atomic mass is 10.1. The summed E-state index contributed by atoms with van der Waals surface area (Å²) in [4.78, 5) is 24.3. The number of nitrogens with zero attached hydrogens (tertiary/aromatic N) is 2. The normalized spacial score (nSPS) is 11.6. The van der Waals surface area contributed by atoms with E-state index in [0.29, 0.717) is 45.6 Å². The topological polar surface area (TPSA) is 131 Å². The van der Waals surface area contributed by atoms with Gasteiger partial charge in [-0.2, -0.15) is 0 Å². The molecule has 0 radical (unpaired) electrons. The van der Waals surface area contributed by atoms with E-state index < -0.39 is 32.0 Å². The number of hydrogen-bond acceptors (Lipinski definition) is 8. The Labute approximate surface area is 300 Å². The third-order valence-electron chi connectivity index (χ3n) is 6.93. The van der Waals surface area contributed by atoms with Gasteiger partial charge in [-0.3, -0.25) is 0 Å². The van der Waals surface area contributed by atoms with E-state index in [1.807, 2.05) is 22.6 Å². The summed E-state index contributed by atoms with van der Waals surface area (Å²) in [7, 11) is -4.95. The van der Waals surface area contributed by atoms with Crippen molar-refractivity contribution in [2.24, 2.45) is 0 Å². The Bertz CT molecular complexity index is 2380. The van der Waals surface area contributed by atoms with Gasteiger partial charge in [0.15, 0.2) is 0 Å². The Balaban J connectivity index is 0.000000185. The highest BCUT2D eigenvalue weighted by molar-refractivity contribution is 14.1. The van der Waals surface area contributed by atoms with Crippen LogP contribution in [0.4, 0.5) is 0 Å². The van der Waals surface area contributed by atoms with Crippen molar-refractivity contribution in [3.8, 4) is 0 Å². The molecule has 6 aromatic rings. The van der Waals surface area contributed by atoms with Crippen molar-refractivity contribution < 1.29 is 35.9 Å². The van der Waals surface area contributed by atoms with Crippen LogP contribution >= 0.6 is 54.5 Å². The monoisotopic (exact) mass is 912 g/mol. The van der Waals surface area contributed by atoms with Gasteiger partial charge in [-0.25, -0.2) is 34.4 Å². The van der Waals surface area contributed by atoms with Gasteiger partial charge in [0.25, 0.3) is 20.0 Å². The Hall–Kier alpha value is -3.51. The molecule has 0 N–H and O–H groups in total. The Morgan fingerprint density at radius 1 is 0.638 bits per heavy atom. The number of benzene rings is 4. The number of ether oxygens (including phenoxy) is 2. The summed E-state index contributed by atoms with van der Waals surface area (Å²) in [6.07, 6.45) is 1.44. The van der Waals surface area contributed by atoms with E-state index in [1.54, 1.807) is 72.8 Å². The van der Waals surface area contributed by atoms with Crippen LogP contribution in [0.2, 0.25) is 0 Å². The molecule has 0 aliphatic rings. The van der Waals surface area contributed by atoms with Gasteiger partial charge in [-0.15, -0.1) is 0 Å². The van der Waals surface area contributed by atoms with Crippen LogP contribution in [0.5, 0.6) is 0 Å². The van der Waals surface area contributed by atoms with Crippen LogP contribution in [0, 0.1) is 3.70 Å². The number of carbonyl (C=O) groups excluding carboxylic acids is 2. The Kier molecular flexibility index (Phi) is 10.3. The van der Waals surface area contributed by atoms with Crippen molar-refractivity contribution in [1.29, 1.82) is 0 Å². The zero-order valence-electron chi connectivity index (χ0n) is 24.4.